The largest absolute Gasteiger partial charge is 0.378 e. The van der Waals surface area contributed by atoms with Crippen LogP contribution < -0.4 is 10.6 Å². The number of amides is 1. The third kappa shape index (κ3) is 4.85. The number of rotatable bonds is 6. The fourth-order valence-electron chi connectivity index (χ4n) is 1.85. The van der Waals surface area contributed by atoms with Gasteiger partial charge in [-0.05, 0) is 23.6 Å². The summed E-state index contributed by atoms with van der Waals surface area (Å²) in [6, 6.07) is 8.17. The summed E-state index contributed by atoms with van der Waals surface area (Å²) < 4.78 is 0. The van der Waals surface area contributed by atoms with Gasteiger partial charge in [-0.25, -0.2) is 0 Å². The number of hydrogen-bond acceptors (Lipinski definition) is 3. The summed E-state index contributed by atoms with van der Waals surface area (Å²) in [6.45, 7) is 4.70. The zero-order chi connectivity index (χ0) is 15.3. The molecule has 0 saturated heterocycles. The van der Waals surface area contributed by atoms with E-state index in [9.17, 15) is 4.79 Å². The van der Waals surface area contributed by atoms with E-state index in [0.29, 0.717) is 18.9 Å². The molecule has 0 aliphatic rings. The van der Waals surface area contributed by atoms with E-state index in [1.807, 2.05) is 35.0 Å². The summed E-state index contributed by atoms with van der Waals surface area (Å²) in [5.74, 6) is 0.426. The normalized spacial score (nSPS) is 12.3. The molecule has 0 radical (unpaired) electrons. The predicted molar refractivity (Wildman–Crippen MR) is 84.7 cm³/mol. The lowest BCUT2D eigenvalue weighted by molar-refractivity contribution is -0.131. The van der Waals surface area contributed by atoms with E-state index in [-0.39, 0.29) is 11.9 Å². The van der Waals surface area contributed by atoms with E-state index >= 15 is 0 Å². The maximum absolute atomic E-state index is 12.1. The molecule has 0 aromatic heterocycles. The van der Waals surface area contributed by atoms with Crippen molar-refractivity contribution in [1.82, 2.24) is 4.90 Å². The maximum atomic E-state index is 12.1. The topological polar surface area (TPSA) is 49.6 Å². The molecule has 112 valence electrons. The SMILES string of the molecule is CC(C)C(N)CC(=O)N(C)Cc1ccc(N(C)C)cc1. The van der Waals surface area contributed by atoms with E-state index in [4.69, 9.17) is 5.73 Å². The standard InChI is InChI=1S/C16H27N3O/c1-12(2)15(17)10-16(20)19(5)11-13-6-8-14(9-7-13)18(3)4/h6-9,12,15H,10-11,17H2,1-5H3. The van der Waals surface area contributed by atoms with Gasteiger partial charge in [-0.2, -0.15) is 0 Å². The van der Waals surface area contributed by atoms with Crippen LogP contribution in [0.4, 0.5) is 5.69 Å². The lowest BCUT2D eigenvalue weighted by atomic mass is 10.0. The van der Waals surface area contributed by atoms with Crippen molar-refractivity contribution >= 4 is 11.6 Å². The lowest BCUT2D eigenvalue weighted by Crippen LogP contribution is -2.35. The second kappa shape index (κ2) is 7.29. The van der Waals surface area contributed by atoms with Crippen LogP contribution in [-0.2, 0) is 11.3 Å². The Morgan fingerprint density at radius 1 is 1.15 bits per heavy atom. The van der Waals surface area contributed by atoms with Gasteiger partial charge in [-0.15, -0.1) is 0 Å². The van der Waals surface area contributed by atoms with Gasteiger partial charge < -0.3 is 15.5 Å². The predicted octanol–water partition coefficient (Wildman–Crippen LogP) is 2.08. The molecule has 1 unspecified atom stereocenters. The molecule has 1 aromatic rings. The van der Waals surface area contributed by atoms with E-state index in [1.165, 1.54) is 0 Å². The molecule has 0 aliphatic heterocycles. The first kappa shape index (κ1) is 16.5. The number of benzene rings is 1. The minimum atomic E-state index is -0.0685. The Labute approximate surface area is 122 Å². The fourth-order valence-corrected chi connectivity index (χ4v) is 1.85. The maximum Gasteiger partial charge on any atom is 0.224 e. The van der Waals surface area contributed by atoms with Gasteiger partial charge in [0.25, 0.3) is 0 Å². The number of hydrogen-bond donors (Lipinski definition) is 1. The first-order valence-corrected chi connectivity index (χ1v) is 7.07. The van der Waals surface area contributed by atoms with Gasteiger partial charge in [-0.1, -0.05) is 26.0 Å². The summed E-state index contributed by atoms with van der Waals surface area (Å²) >= 11 is 0. The van der Waals surface area contributed by atoms with Crippen LogP contribution in [0, 0.1) is 5.92 Å². The van der Waals surface area contributed by atoms with Crippen LogP contribution in [0.5, 0.6) is 0 Å². The van der Waals surface area contributed by atoms with Crippen LogP contribution in [0.1, 0.15) is 25.8 Å². The van der Waals surface area contributed by atoms with Crippen LogP contribution in [0.3, 0.4) is 0 Å². The van der Waals surface area contributed by atoms with Crippen LogP contribution in [0.15, 0.2) is 24.3 Å². The highest BCUT2D eigenvalue weighted by molar-refractivity contribution is 5.76. The third-order valence-electron chi connectivity index (χ3n) is 3.56. The molecule has 1 atom stereocenters. The van der Waals surface area contributed by atoms with Crippen LogP contribution in [0.2, 0.25) is 0 Å². The van der Waals surface area contributed by atoms with Gasteiger partial charge in [0, 0.05) is 45.8 Å². The highest BCUT2D eigenvalue weighted by Crippen LogP contribution is 2.14. The van der Waals surface area contributed by atoms with Crippen molar-refractivity contribution in [3.05, 3.63) is 29.8 Å². The molecule has 0 saturated carbocycles. The number of carbonyl (C=O) groups excluding carboxylic acids is 1. The van der Waals surface area contributed by atoms with Crippen LogP contribution in [-0.4, -0.2) is 38.0 Å². The van der Waals surface area contributed by atoms with E-state index in [0.717, 1.165) is 11.3 Å². The highest BCUT2D eigenvalue weighted by atomic mass is 16.2. The molecule has 0 bridgehead atoms. The van der Waals surface area contributed by atoms with Crippen molar-refractivity contribution < 1.29 is 4.79 Å². The number of nitrogens with zero attached hydrogens (tertiary/aromatic N) is 2. The van der Waals surface area contributed by atoms with Crippen molar-refractivity contribution in [2.24, 2.45) is 11.7 Å². The Morgan fingerprint density at radius 3 is 2.15 bits per heavy atom. The van der Waals surface area contributed by atoms with Gasteiger partial charge in [0.15, 0.2) is 0 Å². The van der Waals surface area contributed by atoms with Crippen molar-refractivity contribution in [3.63, 3.8) is 0 Å². The van der Waals surface area contributed by atoms with Crippen molar-refractivity contribution in [2.45, 2.75) is 32.9 Å². The summed E-state index contributed by atoms with van der Waals surface area (Å²) in [4.78, 5) is 15.9. The highest BCUT2D eigenvalue weighted by Gasteiger charge is 2.16. The monoisotopic (exact) mass is 277 g/mol. The van der Waals surface area contributed by atoms with Gasteiger partial charge in [-0.3, -0.25) is 4.79 Å². The van der Waals surface area contributed by atoms with Crippen LogP contribution in [0.25, 0.3) is 0 Å². The first-order valence-electron chi connectivity index (χ1n) is 7.07. The quantitative estimate of drug-likeness (QED) is 0.866. The molecular weight excluding hydrogens is 250 g/mol. The second-order valence-corrected chi connectivity index (χ2v) is 5.92. The van der Waals surface area contributed by atoms with Crippen molar-refractivity contribution in [2.75, 3.05) is 26.0 Å². The van der Waals surface area contributed by atoms with Gasteiger partial charge in [0.2, 0.25) is 5.91 Å². The van der Waals surface area contributed by atoms with E-state index in [2.05, 4.69) is 29.2 Å². The van der Waals surface area contributed by atoms with Gasteiger partial charge >= 0.3 is 0 Å². The summed E-state index contributed by atoms with van der Waals surface area (Å²) in [5.41, 5.74) is 8.23. The first-order chi connectivity index (χ1) is 9.31. The van der Waals surface area contributed by atoms with E-state index in [1.54, 1.807) is 4.90 Å². The Morgan fingerprint density at radius 2 is 1.70 bits per heavy atom. The molecule has 0 fully saturated rings. The third-order valence-corrected chi connectivity index (χ3v) is 3.56. The molecule has 20 heavy (non-hydrogen) atoms. The Kier molecular flexibility index (Phi) is 6.02. The summed E-state index contributed by atoms with van der Waals surface area (Å²) in [7, 11) is 5.85. The summed E-state index contributed by atoms with van der Waals surface area (Å²) in [5, 5.41) is 0. The molecule has 0 aliphatic carbocycles. The molecule has 0 spiro atoms. The Bertz CT molecular complexity index is 426. The molecule has 0 heterocycles. The second-order valence-electron chi connectivity index (χ2n) is 5.92. The molecule has 1 rings (SSSR count). The molecule has 4 nitrogen and oxygen atoms in total. The van der Waals surface area contributed by atoms with Gasteiger partial charge in [0.1, 0.15) is 0 Å². The lowest BCUT2D eigenvalue weighted by Gasteiger charge is -2.22. The fraction of sp³-hybridized carbons (Fsp3) is 0.562. The number of carbonyl (C=O) groups is 1. The number of nitrogens with two attached hydrogens (primary N) is 1. The summed E-state index contributed by atoms with van der Waals surface area (Å²) in [6.07, 6.45) is 0.407. The average Bonchev–Trinajstić information content (AvgIpc) is 2.38. The number of anilines is 1. The van der Waals surface area contributed by atoms with Crippen molar-refractivity contribution in [1.29, 1.82) is 0 Å². The molecule has 1 amide bonds. The van der Waals surface area contributed by atoms with Crippen molar-refractivity contribution in [3.8, 4) is 0 Å². The molecule has 4 heteroatoms. The van der Waals surface area contributed by atoms with Crippen LogP contribution >= 0.6 is 0 Å². The molecule has 2 N–H and O–H groups in total. The zero-order valence-corrected chi connectivity index (χ0v) is 13.3. The minimum absolute atomic E-state index is 0.0685. The average molecular weight is 277 g/mol. The zero-order valence-electron chi connectivity index (χ0n) is 13.3. The van der Waals surface area contributed by atoms with E-state index < -0.39 is 0 Å². The Balaban J connectivity index is 2.57. The Hall–Kier alpha value is -1.55. The minimum Gasteiger partial charge on any atom is -0.378 e. The molecule has 1 aromatic carbocycles. The molecular formula is C16H27N3O. The van der Waals surface area contributed by atoms with Gasteiger partial charge in [0.05, 0.1) is 0 Å². The smallest absolute Gasteiger partial charge is 0.224 e.